The van der Waals surface area contributed by atoms with Crippen LogP contribution in [0.15, 0.2) is 29.2 Å². The number of carboxylic acids is 1. The Hall–Kier alpha value is -1.40. The largest absolute Gasteiger partial charge is 0.478 e. The van der Waals surface area contributed by atoms with Crippen molar-refractivity contribution < 1.29 is 18.3 Å². The summed E-state index contributed by atoms with van der Waals surface area (Å²) in [4.78, 5) is 10.9. The Morgan fingerprint density at radius 1 is 1.35 bits per heavy atom. The highest BCUT2D eigenvalue weighted by molar-refractivity contribution is 7.89. The average molecular weight is 297 g/mol. The van der Waals surface area contributed by atoms with Crippen LogP contribution in [-0.4, -0.2) is 25.5 Å². The maximum Gasteiger partial charge on any atom is 0.335 e. The zero-order chi connectivity index (χ0) is 14.8. The summed E-state index contributed by atoms with van der Waals surface area (Å²) in [7, 11) is -3.57. The molecule has 20 heavy (non-hydrogen) atoms. The highest BCUT2D eigenvalue weighted by Gasteiger charge is 2.27. The van der Waals surface area contributed by atoms with Gasteiger partial charge in [0.1, 0.15) is 0 Å². The maximum atomic E-state index is 12.2. The first-order valence-corrected chi connectivity index (χ1v) is 8.26. The number of carboxylic acid groups (broad SMARTS) is 1. The fourth-order valence-corrected chi connectivity index (χ4v) is 3.45. The van der Waals surface area contributed by atoms with Crippen molar-refractivity contribution in [2.45, 2.75) is 43.5 Å². The number of benzene rings is 1. The molecular formula is C14H19NO4S. The van der Waals surface area contributed by atoms with Gasteiger partial charge in [-0.25, -0.2) is 17.9 Å². The first kappa shape index (κ1) is 15.0. The van der Waals surface area contributed by atoms with Gasteiger partial charge in [-0.1, -0.05) is 19.8 Å². The highest BCUT2D eigenvalue weighted by atomic mass is 32.2. The number of hydrogen-bond acceptors (Lipinski definition) is 3. The van der Waals surface area contributed by atoms with Crippen molar-refractivity contribution in [2.24, 2.45) is 5.92 Å². The van der Waals surface area contributed by atoms with Gasteiger partial charge in [0, 0.05) is 6.04 Å². The average Bonchev–Trinajstić information content (AvgIpc) is 3.21. The predicted molar refractivity (Wildman–Crippen MR) is 75.1 cm³/mol. The van der Waals surface area contributed by atoms with E-state index in [9.17, 15) is 13.2 Å². The lowest BCUT2D eigenvalue weighted by atomic mass is 10.1. The number of carbonyl (C=O) groups is 1. The molecule has 1 saturated carbocycles. The molecule has 1 unspecified atom stereocenters. The summed E-state index contributed by atoms with van der Waals surface area (Å²) in [6.07, 6.45) is 4.00. The highest BCUT2D eigenvalue weighted by Crippen LogP contribution is 2.34. The van der Waals surface area contributed by atoms with E-state index in [1.54, 1.807) is 0 Å². The lowest BCUT2D eigenvalue weighted by molar-refractivity contribution is 0.0696. The Kier molecular flexibility index (Phi) is 4.45. The van der Waals surface area contributed by atoms with Crippen LogP contribution in [0, 0.1) is 5.92 Å². The summed E-state index contributed by atoms with van der Waals surface area (Å²) >= 11 is 0. The van der Waals surface area contributed by atoms with E-state index in [4.69, 9.17) is 5.11 Å². The van der Waals surface area contributed by atoms with Crippen LogP contribution in [0.3, 0.4) is 0 Å². The minimum Gasteiger partial charge on any atom is -0.478 e. The van der Waals surface area contributed by atoms with Gasteiger partial charge in [0.15, 0.2) is 0 Å². The molecular weight excluding hydrogens is 278 g/mol. The van der Waals surface area contributed by atoms with Crippen molar-refractivity contribution in [3.8, 4) is 0 Å². The van der Waals surface area contributed by atoms with Gasteiger partial charge in [0.05, 0.1) is 10.5 Å². The van der Waals surface area contributed by atoms with Crippen LogP contribution in [0.1, 0.15) is 43.0 Å². The van der Waals surface area contributed by atoms with Crippen molar-refractivity contribution in [3.63, 3.8) is 0 Å². The number of hydrogen-bond donors (Lipinski definition) is 2. The van der Waals surface area contributed by atoms with E-state index < -0.39 is 16.0 Å². The van der Waals surface area contributed by atoms with Crippen molar-refractivity contribution in [1.82, 2.24) is 4.72 Å². The fourth-order valence-electron chi connectivity index (χ4n) is 2.12. The van der Waals surface area contributed by atoms with E-state index >= 15 is 0 Å². The molecule has 0 aromatic heterocycles. The normalized spacial score (nSPS) is 16.9. The SMILES string of the molecule is CCC(CC1CC1)NS(=O)(=O)c1ccc(C(=O)O)cc1. The zero-order valence-corrected chi connectivity index (χ0v) is 12.2. The Balaban J connectivity index is 2.09. The van der Waals surface area contributed by atoms with Gasteiger partial charge in [-0.3, -0.25) is 0 Å². The van der Waals surface area contributed by atoms with Crippen molar-refractivity contribution in [2.75, 3.05) is 0 Å². The van der Waals surface area contributed by atoms with E-state index in [-0.39, 0.29) is 16.5 Å². The fraction of sp³-hybridized carbons (Fsp3) is 0.500. The quantitative estimate of drug-likeness (QED) is 0.808. The van der Waals surface area contributed by atoms with Crippen molar-refractivity contribution in [3.05, 3.63) is 29.8 Å². The van der Waals surface area contributed by atoms with Gasteiger partial charge < -0.3 is 5.11 Å². The number of rotatable bonds is 7. The predicted octanol–water partition coefficient (Wildman–Crippen LogP) is 2.24. The molecule has 1 atom stereocenters. The molecule has 6 heteroatoms. The van der Waals surface area contributed by atoms with Crippen LogP contribution >= 0.6 is 0 Å². The molecule has 0 saturated heterocycles. The van der Waals surface area contributed by atoms with Gasteiger partial charge in [0.2, 0.25) is 10.0 Å². The lowest BCUT2D eigenvalue weighted by Crippen LogP contribution is -2.34. The summed E-state index contributed by atoms with van der Waals surface area (Å²) in [6.45, 7) is 1.96. The van der Waals surface area contributed by atoms with E-state index in [0.29, 0.717) is 5.92 Å². The Morgan fingerprint density at radius 3 is 2.40 bits per heavy atom. The molecule has 0 heterocycles. The topological polar surface area (TPSA) is 83.5 Å². The minimum absolute atomic E-state index is 0.0494. The smallest absolute Gasteiger partial charge is 0.335 e. The Bertz CT molecular complexity index is 576. The van der Waals surface area contributed by atoms with Crippen LogP contribution in [0.25, 0.3) is 0 Å². The molecule has 2 rings (SSSR count). The van der Waals surface area contributed by atoms with E-state index in [1.165, 1.54) is 37.1 Å². The summed E-state index contributed by atoms with van der Waals surface area (Å²) in [5.41, 5.74) is 0.0778. The zero-order valence-electron chi connectivity index (χ0n) is 11.4. The third-order valence-electron chi connectivity index (χ3n) is 3.54. The molecule has 5 nitrogen and oxygen atoms in total. The van der Waals surface area contributed by atoms with Crippen LogP contribution in [0.4, 0.5) is 0 Å². The number of aromatic carboxylic acids is 1. The number of sulfonamides is 1. The molecule has 1 aliphatic rings. The second kappa shape index (κ2) is 5.93. The maximum absolute atomic E-state index is 12.2. The van der Waals surface area contributed by atoms with Crippen LogP contribution in [-0.2, 0) is 10.0 Å². The molecule has 1 aromatic rings. The molecule has 0 aliphatic heterocycles. The molecule has 1 aromatic carbocycles. The summed E-state index contributed by atoms with van der Waals surface area (Å²) in [5.74, 6) is -0.417. The minimum atomic E-state index is -3.57. The number of nitrogens with one attached hydrogen (secondary N) is 1. The van der Waals surface area contributed by atoms with E-state index in [2.05, 4.69) is 4.72 Å². The van der Waals surface area contributed by atoms with E-state index in [0.717, 1.165) is 12.8 Å². The Morgan fingerprint density at radius 2 is 1.95 bits per heavy atom. The molecule has 1 fully saturated rings. The van der Waals surface area contributed by atoms with Crippen molar-refractivity contribution in [1.29, 1.82) is 0 Å². The first-order valence-electron chi connectivity index (χ1n) is 6.78. The second-order valence-corrected chi connectivity index (χ2v) is 6.95. The van der Waals surface area contributed by atoms with Gasteiger partial charge in [-0.05, 0) is 43.0 Å². The van der Waals surface area contributed by atoms with Crippen LogP contribution in [0.5, 0.6) is 0 Å². The van der Waals surface area contributed by atoms with Crippen LogP contribution in [0.2, 0.25) is 0 Å². The van der Waals surface area contributed by atoms with Crippen molar-refractivity contribution >= 4 is 16.0 Å². The lowest BCUT2D eigenvalue weighted by Gasteiger charge is -2.16. The van der Waals surface area contributed by atoms with Gasteiger partial charge in [0.25, 0.3) is 0 Å². The molecule has 1 aliphatic carbocycles. The third-order valence-corrected chi connectivity index (χ3v) is 5.08. The standard InChI is InChI=1S/C14H19NO4S/c1-2-12(9-10-3-4-10)15-20(18,19)13-7-5-11(6-8-13)14(16)17/h5-8,10,12,15H,2-4,9H2,1H3,(H,16,17). The van der Waals surface area contributed by atoms with E-state index in [1.807, 2.05) is 6.92 Å². The molecule has 0 spiro atoms. The molecule has 0 bridgehead atoms. The van der Waals surface area contributed by atoms with Crippen LogP contribution < -0.4 is 4.72 Å². The summed E-state index contributed by atoms with van der Waals surface area (Å²) in [5, 5.41) is 8.80. The van der Waals surface area contributed by atoms with Gasteiger partial charge in [-0.15, -0.1) is 0 Å². The van der Waals surface area contributed by atoms with Gasteiger partial charge >= 0.3 is 5.97 Å². The molecule has 0 amide bonds. The second-order valence-electron chi connectivity index (χ2n) is 5.24. The third kappa shape index (κ3) is 3.80. The molecule has 110 valence electrons. The van der Waals surface area contributed by atoms with Gasteiger partial charge in [-0.2, -0.15) is 0 Å². The summed E-state index contributed by atoms with van der Waals surface area (Å²) in [6, 6.07) is 5.22. The molecule has 0 radical (unpaired) electrons. The first-order chi connectivity index (χ1) is 9.42. The molecule has 2 N–H and O–H groups in total. The summed E-state index contributed by atoms with van der Waals surface area (Å²) < 4.78 is 27.2. The monoisotopic (exact) mass is 297 g/mol. The Labute approximate surface area is 119 Å².